The Balaban J connectivity index is 0.00000338. The standard InChI is InChI=1S/C18H34N4O3.HI/c1-22(2)16(23)13-20-17(19-12-15-6-4-5-10-25-15)21-14-18(7-8-18)9-11-24-3;/h15H,4-14H2,1-3H3,(H2,19,20,21);1H. The second-order valence-corrected chi connectivity index (χ2v) is 7.42. The number of hydrogen-bond donors (Lipinski definition) is 2. The van der Waals surface area contributed by atoms with Crippen molar-refractivity contribution in [2.75, 3.05) is 54.1 Å². The van der Waals surface area contributed by atoms with Crippen LogP contribution in [0.3, 0.4) is 0 Å². The maximum absolute atomic E-state index is 11.8. The molecule has 1 saturated heterocycles. The maximum atomic E-state index is 11.8. The number of carbonyl (C=O) groups is 1. The smallest absolute Gasteiger partial charge is 0.243 e. The third-order valence-corrected chi connectivity index (χ3v) is 5.07. The Labute approximate surface area is 174 Å². The van der Waals surface area contributed by atoms with Gasteiger partial charge in [0.05, 0.1) is 6.10 Å². The molecule has 2 fully saturated rings. The molecule has 0 bridgehead atoms. The summed E-state index contributed by atoms with van der Waals surface area (Å²) in [5.74, 6) is 0.698. The van der Waals surface area contributed by atoms with Crippen molar-refractivity contribution in [3.05, 3.63) is 0 Å². The van der Waals surface area contributed by atoms with E-state index in [1.807, 2.05) is 0 Å². The van der Waals surface area contributed by atoms with Crippen molar-refractivity contribution in [2.24, 2.45) is 10.4 Å². The van der Waals surface area contributed by atoms with Crippen molar-refractivity contribution in [1.82, 2.24) is 15.5 Å². The zero-order valence-corrected chi connectivity index (χ0v) is 18.7. The number of halogens is 1. The van der Waals surface area contributed by atoms with Crippen LogP contribution in [0.2, 0.25) is 0 Å². The minimum Gasteiger partial charge on any atom is -0.385 e. The van der Waals surface area contributed by atoms with Crippen LogP contribution in [-0.4, -0.2) is 76.9 Å². The van der Waals surface area contributed by atoms with Gasteiger partial charge in [0.1, 0.15) is 6.54 Å². The molecule has 1 amide bonds. The van der Waals surface area contributed by atoms with Gasteiger partial charge in [-0.1, -0.05) is 0 Å². The largest absolute Gasteiger partial charge is 0.385 e. The van der Waals surface area contributed by atoms with Gasteiger partial charge in [0.2, 0.25) is 5.91 Å². The number of aliphatic imine (C=N–C) groups is 1. The van der Waals surface area contributed by atoms with E-state index in [0.29, 0.717) is 11.4 Å². The second kappa shape index (κ2) is 12.0. The van der Waals surface area contributed by atoms with E-state index in [1.54, 1.807) is 26.1 Å². The van der Waals surface area contributed by atoms with Crippen LogP contribution < -0.4 is 10.6 Å². The third-order valence-electron chi connectivity index (χ3n) is 5.07. The first-order valence-electron chi connectivity index (χ1n) is 9.37. The van der Waals surface area contributed by atoms with Crippen LogP contribution in [-0.2, 0) is 14.3 Å². The molecule has 2 aliphatic rings. The first-order chi connectivity index (χ1) is 12.0. The molecule has 2 rings (SSSR count). The Bertz CT molecular complexity index is 450. The van der Waals surface area contributed by atoms with Crippen LogP contribution in [0.5, 0.6) is 0 Å². The summed E-state index contributed by atoms with van der Waals surface area (Å²) in [6.07, 6.45) is 7.17. The molecule has 0 aromatic rings. The molecule has 8 heteroatoms. The topological polar surface area (TPSA) is 75.2 Å². The highest BCUT2D eigenvalue weighted by Gasteiger charge is 2.41. The quantitative estimate of drug-likeness (QED) is 0.297. The molecule has 26 heavy (non-hydrogen) atoms. The predicted octanol–water partition coefficient (Wildman–Crippen LogP) is 1.61. The van der Waals surface area contributed by atoms with Gasteiger partial charge < -0.3 is 25.0 Å². The molecule has 0 aromatic carbocycles. The van der Waals surface area contributed by atoms with Crippen LogP contribution in [0.25, 0.3) is 0 Å². The number of ether oxygens (including phenoxy) is 2. The number of hydrogen-bond acceptors (Lipinski definition) is 4. The number of rotatable bonds is 9. The average molecular weight is 482 g/mol. The Hall–Kier alpha value is -0.610. The summed E-state index contributed by atoms with van der Waals surface area (Å²) in [6.45, 7) is 3.37. The van der Waals surface area contributed by atoms with Gasteiger partial charge in [-0.15, -0.1) is 24.0 Å². The van der Waals surface area contributed by atoms with Crippen LogP contribution in [0.4, 0.5) is 0 Å². The van der Waals surface area contributed by atoms with E-state index in [0.717, 1.165) is 45.6 Å². The molecule has 0 radical (unpaired) electrons. The van der Waals surface area contributed by atoms with Crippen LogP contribution in [0.15, 0.2) is 4.99 Å². The van der Waals surface area contributed by atoms with Gasteiger partial charge in [0, 0.05) is 47.5 Å². The Morgan fingerprint density at radius 2 is 2.08 bits per heavy atom. The lowest BCUT2D eigenvalue weighted by atomic mass is 10.0. The highest BCUT2D eigenvalue weighted by Crippen LogP contribution is 2.48. The zero-order valence-electron chi connectivity index (χ0n) is 16.4. The number of guanidine groups is 1. The minimum atomic E-state index is -0.00413. The van der Waals surface area contributed by atoms with E-state index in [1.165, 1.54) is 19.3 Å². The summed E-state index contributed by atoms with van der Waals surface area (Å²) in [6, 6.07) is 0. The van der Waals surface area contributed by atoms with E-state index in [-0.39, 0.29) is 42.5 Å². The summed E-state index contributed by atoms with van der Waals surface area (Å²) in [5.41, 5.74) is 0.325. The lowest BCUT2D eigenvalue weighted by molar-refractivity contribution is -0.127. The highest BCUT2D eigenvalue weighted by atomic mass is 127. The van der Waals surface area contributed by atoms with E-state index in [9.17, 15) is 4.79 Å². The van der Waals surface area contributed by atoms with E-state index in [2.05, 4.69) is 15.6 Å². The Morgan fingerprint density at radius 1 is 1.31 bits per heavy atom. The van der Waals surface area contributed by atoms with Crippen molar-refractivity contribution in [3.8, 4) is 0 Å². The van der Waals surface area contributed by atoms with Gasteiger partial charge in [0.15, 0.2) is 5.96 Å². The molecule has 1 unspecified atom stereocenters. The van der Waals surface area contributed by atoms with Crippen LogP contribution in [0, 0.1) is 5.41 Å². The summed E-state index contributed by atoms with van der Waals surface area (Å²) in [4.78, 5) is 17.8. The molecule has 1 heterocycles. The number of likely N-dealkylation sites (N-methyl/N-ethyl adjacent to an activating group) is 1. The molecule has 1 saturated carbocycles. The highest BCUT2D eigenvalue weighted by molar-refractivity contribution is 14.0. The lowest BCUT2D eigenvalue weighted by Gasteiger charge is -2.24. The fraction of sp³-hybridized carbons (Fsp3) is 0.889. The number of nitrogens with zero attached hydrogens (tertiary/aromatic N) is 2. The molecular formula is C18H35IN4O3. The summed E-state index contributed by atoms with van der Waals surface area (Å²) >= 11 is 0. The van der Waals surface area contributed by atoms with Crippen LogP contribution >= 0.6 is 24.0 Å². The van der Waals surface area contributed by atoms with Crippen molar-refractivity contribution in [2.45, 2.75) is 44.6 Å². The van der Waals surface area contributed by atoms with E-state index in [4.69, 9.17) is 9.47 Å². The molecule has 0 spiro atoms. The first-order valence-corrected chi connectivity index (χ1v) is 9.37. The predicted molar refractivity (Wildman–Crippen MR) is 114 cm³/mol. The average Bonchev–Trinajstić information content (AvgIpc) is 3.40. The molecule has 0 aromatic heterocycles. The fourth-order valence-corrected chi connectivity index (χ4v) is 2.92. The Kier molecular flexibility index (Phi) is 10.8. The van der Waals surface area contributed by atoms with Gasteiger partial charge >= 0.3 is 0 Å². The summed E-state index contributed by atoms with van der Waals surface area (Å²) in [7, 11) is 5.24. The summed E-state index contributed by atoms with van der Waals surface area (Å²) < 4.78 is 11.0. The summed E-state index contributed by atoms with van der Waals surface area (Å²) in [5, 5.41) is 6.77. The molecule has 7 nitrogen and oxygen atoms in total. The first kappa shape index (κ1) is 23.4. The van der Waals surface area contributed by atoms with Gasteiger partial charge in [-0.05, 0) is 43.9 Å². The second-order valence-electron chi connectivity index (χ2n) is 7.42. The van der Waals surface area contributed by atoms with E-state index < -0.39 is 0 Å². The molecule has 152 valence electrons. The third kappa shape index (κ3) is 8.39. The molecule has 1 atom stereocenters. The number of carbonyl (C=O) groups excluding carboxylic acids is 1. The van der Waals surface area contributed by atoms with Gasteiger partial charge in [-0.3, -0.25) is 4.79 Å². The van der Waals surface area contributed by atoms with Crippen molar-refractivity contribution < 1.29 is 14.3 Å². The maximum Gasteiger partial charge on any atom is 0.243 e. The zero-order chi connectivity index (χ0) is 18.1. The molecule has 1 aliphatic heterocycles. The van der Waals surface area contributed by atoms with E-state index >= 15 is 0 Å². The fourth-order valence-electron chi connectivity index (χ4n) is 2.92. The number of amides is 1. The molecule has 2 N–H and O–H groups in total. The minimum absolute atomic E-state index is 0. The Morgan fingerprint density at radius 3 is 2.65 bits per heavy atom. The van der Waals surface area contributed by atoms with Gasteiger partial charge in [-0.25, -0.2) is 4.99 Å². The lowest BCUT2D eigenvalue weighted by Crippen LogP contribution is -2.45. The molecular weight excluding hydrogens is 447 g/mol. The van der Waals surface area contributed by atoms with Crippen molar-refractivity contribution in [1.29, 1.82) is 0 Å². The van der Waals surface area contributed by atoms with Crippen molar-refractivity contribution >= 4 is 35.8 Å². The van der Waals surface area contributed by atoms with Gasteiger partial charge in [-0.2, -0.15) is 0 Å². The van der Waals surface area contributed by atoms with Crippen molar-refractivity contribution in [3.63, 3.8) is 0 Å². The van der Waals surface area contributed by atoms with Crippen LogP contribution in [0.1, 0.15) is 38.5 Å². The van der Waals surface area contributed by atoms with Gasteiger partial charge in [0.25, 0.3) is 0 Å². The number of methoxy groups -OCH3 is 1. The SMILES string of the molecule is COCCC1(CNC(=NCC(=O)N(C)C)NCC2CCCCO2)CC1.I. The normalized spacial score (nSPS) is 21.5. The number of nitrogens with one attached hydrogen (secondary N) is 2. The molecule has 1 aliphatic carbocycles. The monoisotopic (exact) mass is 482 g/mol.